The fourth-order valence-corrected chi connectivity index (χ4v) is 3.19. The largest absolute Gasteiger partial charge is 0.382 e. The predicted molar refractivity (Wildman–Crippen MR) is 85.2 cm³/mol. The summed E-state index contributed by atoms with van der Waals surface area (Å²) in [5, 5.41) is 0. The van der Waals surface area contributed by atoms with Gasteiger partial charge < -0.3 is 4.18 Å². The Bertz CT molecular complexity index is 719. The van der Waals surface area contributed by atoms with Crippen molar-refractivity contribution in [3.8, 4) is 5.75 Å². The highest BCUT2D eigenvalue weighted by atomic mass is 32.2. The van der Waals surface area contributed by atoms with E-state index in [4.69, 9.17) is 4.18 Å². The third-order valence-corrected chi connectivity index (χ3v) is 4.69. The molecule has 0 aliphatic heterocycles. The van der Waals surface area contributed by atoms with E-state index in [-0.39, 0.29) is 5.75 Å². The first-order chi connectivity index (χ1) is 9.89. The maximum atomic E-state index is 12.2. The van der Waals surface area contributed by atoms with Crippen LogP contribution in [0.2, 0.25) is 0 Å². The molecule has 21 heavy (non-hydrogen) atoms. The molecule has 0 heterocycles. The van der Waals surface area contributed by atoms with E-state index in [1.54, 1.807) is 0 Å². The van der Waals surface area contributed by atoms with Gasteiger partial charge in [0, 0.05) is 0 Å². The highest BCUT2D eigenvalue weighted by Gasteiger charge is 2.17. The molecule has 0 bridgehead atoms. The lowest BCUT2D eigenvalue weighted by molar-refractivity contribution is 0.481. The third kappa shape index (κ3) is 4.08. The molecule has 4 heteroatoms. The molecular formula is C17H20O3S. The van der Waals surface area contributed by atoms with Crippen molar-refractivity contribution in [3.63, 3.8) is 0 Å². The van der Waals surface area contributed by atoms with Gasteiger partial charge in [-0.25, -0.2) is 0 Å². The first-order valence-corrected chi connectivity index (χ1v) is 8.50. The number of hydrogen-bond donors (Lipinski definition) is 0. The smallest absolute Gasteiger partial charge is 0.309 e. The van der Waals surface area contributed by atoms with Crippen molar-refractivity contribution >= 4 is 10.1 Å². The molecule has 0 atom stereocenters. The molecule has 0 aliphatic carbocycles. The van der Waals surface area contributed by atoms with Crippen molar-refractivity contribution in [2.24, 2.45) is 0 Å². The molecule has 0 saturated carbocycles. The Morgan fingerprint density at radius 1 is 0.905 bits per heavy atom. The van der Waals surface area contributed by atoms with Crippen molar-refractivity contribution in [1.82, 2.24) is 0 Å². The molecule has 0 spiro atoms. The summed E-state index contributed by atoms with van der Waals surface area (Å²) in [5.41, 5.74) is 3.72. The van der Waals surface area contributed by atoms with E-state index in [0.717, 1.165) is 22.3 Å². The minimum atomic E-state index is -3.59. The average molecular weight is 304 g/mol. The van der Waals surface area contributed by atoms with E-state index in [0.29, 0.717) is 12.2 Å². The van der Waals surface area contributed by atoms with Crippen LogP contribution in [0.15, 0.2) is 42.5 Å². The summed E-state index contributed by atoms with van der Waals surface area (Å²) in [5.74, 6) is 0.437. The summed E-state index contributed by atoms with van der Waals surface area (Å²) >= 11 is 0. The van der Waals surface area contributed by atoms with Crippen molar-refractivity contribution in [1.29, 1.82) is 0 Å². The fourth-order valence-electron chi connectivity index (χ4n) is 2.11. The molecule has 3 nitrogen and oxygen atoms in total. The lowest BCUT2D eigenvalue weighted by Gasteiger charge is -2.13. The normalized spacial score (nSPS) is 11.4. The van der Waals surface area contributed by atoms with Gasteiger partial charge in [-0.05, 0) is 49.4 Å². The average Bonchev–Trinajstić information content (AvgIpc) is 2.47. The maximum absolute atomic E-state index is 12.2. The molecule has 0 saturated heterocycles. The van der Waals surface area contributed by atoms with Gasteiger partial charge >= 0.3 is 10.1 Å². The third-order valence-electron chi connectivity index (χ3n) is 3.57. The molecule has 0 radical (unpaired) electrons. The van der Waals surface area contributed by atoms with Gasteiger partial charge in [-0.2, -0.15) is 8.42 Å². The van der Waals surface area contributed by atoms with E-state index in [1.807, 2.05) is 63.2 Å². The van der Waals surface area contributed by atoms with E-state index >= 15 is 0 Å². The Morgan fingerprint density at radius 3 is 2.19 bits per heavy atom. The van der Waals surface area contributed by atoms with Gasteiger partial charge in [0.1, 0.15) is 5.75 Å². The van der Waals surface area contributed by atoms with Gasteiger partial charge in [0.25, 0.3) is 0 Å². The minimum absolute atomic E-state index is 0.0240. The van der Waals surface area contributed by atoms with Gasteiger partial charge in [-0.3, -0.25) is 0 Å². The Kier molecular flexibility index (Phi) is 4.68. The summed E-state index contributed by atoms with van der Waals surface area (Å²) in [6.45, 7) is 5.68. The van der Waals surface area contributed by atoms with Crippen molar-refractivity contribution in [3.05, 3.63) is 64.7 Å². The van der Waals surface area contributed by atoms with Gasteiger partial charge in [0.05, 0.1) is 5.75 Å². The number of aryl methyl sites for hydroxylation is 3. The van der Waals surface area contributed by atoms with Crippen LogP contribution in [0.5, 0.6) is 5.75 Å². The first kappa shape index (κ1) is 15.6. The summed E-state index contributed by atoms with van der Waals surface area (Å²) in [6.07, 6.45) is 0.451. The van der Waals surface area contributed by atoms with Crippen molar-refractivity contribution in [2.75, 3.05) is 5.75 Å². The van der Waals surface area contributed by atoms with Crippen molar-refractivity contribution < 1.29 is 12.6 Å². The van der Waals surface area contributed by atoms with Crippen LogP contribution < -0.4 is 4.18 Å². The van der Waals surface area contributed by atoms with Crippen LogP contribution in [0.25, 0.3) is 0 Å². The summed E-state index contributed by atoms with van der Waals surface area (Å²) in [6, 6.07) is 13.4. The van der Waals surface area contributed by atoms with E-state index in [9.17, 15) is 8.42 Å². The van der Waals surface area contributed by atoms with Gasteiger partial charge in [-0.1, -0.05) is 42.5 Å². The lowest BCUT2D eigenvalue weighted by Crippen LogP contribution is -2.17. The second-order valence-electron chi connectivity index (χ2n) is 5.23. The number of hydrogen-bond acceptors (Lipinski definition) is 3. The molecule has 0 unspecified atom stereocenters. The predicted octanol–water partition coefficient (Wildman–Crippen LogP) is 3.56. The summed E-state index contributed by atoms with van der Waals surface area (Å²) < 4.78 is 29.7. The molecule has 112 valence electrons. The molecule has 0 fully saturated rings. The Labute approximate surface area is 126 Å². The lowest BCUT2D eigenvalue weighted by atomic mass is 10.1. The quantitative estimate of drug-likeness (QED) is 0.793. The van der Waals surface area contributed by atoms with Crippen LogP contribution in [-0.2, 0) is 16.5 Å². The van der Waals surface area contributed by atoms with Crippen LogP contribution in [0, 0.1) is 20.8 Å². The van der Waals surface area contributed by atoms with Gasteiger partial charge in [0.2, 0.25) is 0 Å². The van der Waals surface area contributed by atoms with Gasteiger partial charge in [-0.15, -0.1) is 0 Å². The van der Waals surface area contributed by atoms with E-state index < -0.39 is 10.1 Å². The minimum Gasteiger partial charge on any atom is -0.382 e. The topological polar surface area (TPSA) is 43.4 Å². The molecule has 0 aromatic heterocycles. The monoisotopic (exact) mass is 304 g/mol. The highest BCUT2D eigenvalue weighted by Crippen LogP contribution is 2.27. The zero-order chi connectivity index (χ0) is 15.5. The molecule has 2 rings (SSSR count). The van der Waals surface area contributed by atoms with Crippen LogP contribution in [0.1, 0.15) is 22.3 Å². The zero-order valence-corrected chi connectivity index (χ0v) is 13.4. The Hall–Kier alpha value is -1.81. The van der Waals surface area contributed by atoms with Crippen LogP contribution in [0.3, 0.4) is 0 Å². The SMILES string of the molecule is Cc1ccc(C)c(OS(=O)(=O)CCc2ccccc2)c1C. The summed E-state index contributed by atoms with van der Waals surface area (Å²) in [4.78, 5) is 0. The molecule has 0 aliphatic rings. The molecule has 2 aromatic rings. The zero-order valence-electron chi connectivity index (χ0n) is 12.6. The standard InChI is InChI=1S/C17H20O3S/c1-13-9-10-14(2)17(15(13)3)20-21(18,19)12-11-16-7-5-4-6-8-16/h4-10H,11-12H2,1-3H3. The van der Waals surface area contributed by atoms with Gasteiger partial charge in [0.15, 0.2) is 0 Å². The second kappa shape index (κ2) is 6.31. The molecule has 2 aromatic carbocycles. The van der Waals surface area contributed by atoms with Crippen LogP contribution in [0.4, 0.5) is 0 Å². The fraction of sp³-hybridized carbons (Fsp3) is 0.294. The van der Waals surface area contributed by atoms with Crippen LogP contribution >= 0.6 is 0 Å². The van der Waals surface area contributed by atoms with E-state index in [2.05, 4.69) is 0 Å². The molecular weight excluding hydrogens is 284 g/mol. The second-order valence-corrected chi connectivity index (χ2v) is 6.92. The first-order valence-electron chi connectivity index (χ1n) is 6.92. The highest BCUT2D eigenvalue weighted by molar-refractivity contribution is 7.87. The maximum Gasteiger partial charge on any atom is 0.309 e. The molecule has 0 N–H and O–H groups in total. The Balaban J connectivity index is 2.13. The molecule has 0 amide bonds. The van der Waals surface area contributed by atoms with Crippen LogP contribution in [-0.4, -0.2) is 14.2 Å². The Morgan fingerprint density at radius 2 is 1.52 bits per heavy atom. The summed E-state index contributed by atoms with van der Waals surface area (Å²) in [7, 11) is -3.59. The number of benzene rings is 2. The van der Waals surface area contributed by atoms with Crippen molar-refractivity contribution in [2.45, 2.75) is 27.2 Å². The van der Waals surface area contributed by atoms with E-state index in [1.165, 1.54) is 0 Å². The number of rotatable bonds is 5.